The molecule has 0 radical (unpaired) electrons. The first kappa shape index (κ1) is 7.65. The first-order valence-corrected chi connectivity index (χ1v) is 4.15. The first-order chi connectivity index (χ1) is 5.70. The molecule has 64 valence electrons. The number of alkyl halides is 1. The van der Waals surface area contributed by atoms with E-state index in [1.165, 1.54) is 6.33 Å². The minimum absolute atomic E-state index is 0.274. The Labute approximate surface area is 70.9 Å². The lowest BCUT2D eigenvalue weighted by Crippen LogP contribution is -1.97. The molecule has 1 aliphatic carbocycles. The quantitative estimate of drug-likeness (QED) is 0.591. The lowest BCUT2D eigenvalue weighted by Gasteiger charge is -2.04. The van der Waals surface area contributed by atoms with Crippen LogP contribution in [-0.2, 0) is 0 Å². The van der Waals surface area contributed by atoms with Crippen molar-refractivity contribution in [3.8, 4) is 0 Å². The van der Waals surface area contributed by atoms with Gasteiger partial charge < -0.3 is 0 Å². The molecule has 0 bridgehead atoms. The number of aryl methyl sites for hydroxylation is 1. The Morgan fingerprint density at radius 3 is 2.92 bits per heavy atom. The molecule has 0 aliphatic heterocycles. The number of nitrogens with zero attached hydrogens (tertiary/aromatic N) is 2. The fraction of sp³-hybridized carbons (Fsp3) is 0.556. The summed E-state index contributed by atoms with van der Waals surface area (Å²) in [4.78, 5) is 8.02. The molecule has 0 amide bonds. The molecule has 2 rings (SSSR count). The van der Waals surface area contributed by atoms with E-state index in [1.54, 1.807) is 0 Å². The van der Waals surface area contributed by atoms with Crippen molar-refractivity contribution in [3.05, 3.63) is 23.3 Å². The van der Waals surface area contributed by atoms with E-state index in [9.17, 15) is 4.39 Å². The number of aromatic nitrogens is 2. The second kappa shape index (κ2) is 2.51. The van der Waals surface area contributed by atoms with Gasteiger partial charge in [-0.25, -0.2) is 14.4 Å². The Kier molecular flexibility index (Phi) is 1.60. The Hall–Kier alpha value is -0.990. The predicted octanol–water partition coefficient (Wildman–Crippen LogP) is 2.30. The van der Waals surface area contributed by atoms with E-state index in [2.05, 4.69) is 9.97 Å². The molecule has 1 aliphatic rings. The molecule has 1 aromatic rings. The Morgan fingerprint density at radius 1 is 1.50 bits per heavy atom. The van der Waals surface area contributed by atoms with Gasteiger partial charge in [-0.3, -0.25) is 0 Å². The average Bonchev–Trinajstić information content (AvgIpc) is 2.29. The van der Waals surface area contributed by atoms with Gasteiger partial charge in [0.25, 0.3) is 0 Å². The maximum absolute atomic E-state index is 13.3. The highest BCUT2D eigenvalue weighted by Crippen LogP contribution is 2.41. The average molecular weight is 166 g/mol. The second-order valence-corrected chi connectivity index (χ2v) is 3.36. The molecule has 0 saturated carbocycles. The van der Waals surface area contributed by atoms with Crippen molar-refractivity contribution in [2.24, 2.45) is 0 Å². The van der Waals surface area contributed by atoms with Gasteiger partial charge in [0.15, 0.2) is 0 Å². The van der Waals surface area contributed by atoms with Gasteiger partial charge in [0.05, 0.1) is 5.69 Å². The van der Waals surface area contributed by atoms with Crippen LogP contribution in [0.2, 0.25) is 0 Å². The lowest BCUT2D eigenvalue weighted by atomic mass is 10.0. The molecule has 2 atom stereocenters. The Balaban J connectivity index is 2.59. The minimum atomic E-state index is -0.878. The molecular formula is C9H11FN2. The van der Waals surface area contributed by atoms with Crippen molar-refractivity contribution in [1.82, 2.24) is 9.97 Å². The third kappa shape index (κ3) is 0.924. The van der Waals surface area contributed by atoms with E-state index in [0.29, 0.717) is 12.1 Å². The highest BCUT2D eigenvalue weighted by Gasteiger charge is 2.30. The molecule has 0 saturated heterocycles. The maximum atomic E-state index is 13.3. The molecule has 0 N–H and O–H groups in total. The number of fused-ring (bicyclic) bond motifs is 1. The number of hydrogen-bond donors (Lipinski definition) is 0. The normalized spacial score (nSPS) is 27.2. The van der Waals surface area contributed by atoms with Gasteiger partial charge in [0.2, 0.25) is 0 Å². The van der Waals surface area contributed by atoms with Crippen molar-refractivity contribution < 1.29 is 4.39 Å². The topological polar surface area (TPSA) is 25.8 Å². The van der Waals surface area contributed by atoms with Crippen molar-refractivity contribution in [2.45, 2.75) is 32.4 Å². The summed E-state index contributed by atoms with van der Waals surface area (Å²) in [7, 11) is 0. The fourth-order valence-electron chi connectivity index (χ4n) is 1.90. The second-order valence-electron chi connectivity index (χ2n) is 3.36. The van der Waals surface area contributed by atoms with Crippen LogP contribution in [0.15, 0.2) is 6.33 Å². The predicted molar refractivity (Wildman–Crippen MR) is 43.7 cm³/mol. The molecular weight excluding hydrogens is 155 g/mol. The van der Waals surface area contributed by atoms with Gasteiger partial charge >= 0.3 is 0 Å². The highest BCUT2D eigenvalue weighted by atomic mass is 19.1. The Morgan fingerprint density at radius 2 is 2.25 bits per heavy atom. The van der Waals surface area contributed by atoms with Crippen molar-refractivity contribution in [1.29, 1.82) is 0 Å². The number of rotatable bonds is 0. The van der Waals surface area contributed by atoms with Gasteiger partial charge in [-0.05, 0) is 19.3 Å². The third-order valence-corrected chi connectivity index (χ3v) is 2.46. The monoisotopic (exact) mass is 166 g/mol. The summed E-state index contributed by atoms with van der Waals surface area (Å²) < 4.78 is 13.3. The summed E-state index contributed by atoms with van der Waals surface area (Å²) >= 11 is 0. The van der Waals surface area contributed by atoms with E-state index >= 15 is 0 Å². The molecule has 2 nitrogen and oxygen atoms in total. The third-order valence-electron chi connectivity index (χ3n) is 2.46. The zero-order valence-electron chi connectivity index (χ0n) is 7.21. The van der Waals surface area contributed by atoms with Gasteiger partial charge in [0.1, 0.15) is 12.5 Å². The van der Waals surface area contributed by atoms with Gasteiger partial charge in [-0.1, -0.05) is 6.92 Å². The van der Waals surface area contributed by atoms with Crippen LogP contribution in [0.3, 0.4) is 0 Å². The summed E-state index contributed by atoms with van der Waals surface area (Å²) in [6, 6.07) is 0. The van der Waals surface area contributed by atoms with Crippen LogP contribution in [0.5, 0.6) is 0 Å². The molecule has 2 unspecified atom stereocenters. The van der Waals surface area contributed by atoms with Crippen molar-refractivity contribution >= 4 is 0 Å². The molecule has 12 heavy (non-hydrogen) atoms. The maximum Gasteiger partial charge on any atom is 0.143 e. The van der Waals surface area contributed by atoms with Crippen LogP contribution >= 0.6 is 0 Å². The zero-order chi connectivity index (χ0) is 8.72. The van der Waals surface area contributed by atoms with E-state index < -0.39 is 6.17 Å². The summed E-state index contributed by atoms with van der Waals surface area (Å²) in [6.07, 6.45) is 1.13. The smallest absolute Gasteiger partial charge is 0.143 e. The molecule has 1 heterocycles. The number of halogens is 1. The van der Waals surface area contributed by atoms with Crippen LogP contribution in [0.25, 0.3) is 0 Å². The number of hydrogen-bond acceptors (Lipinski definition) is 2. The lowest BCUT2D eigenvalue weighted by molar-refractivity contribution is 0.326. The minimum Gasteiger partial charge on any atom is -0.241 e. The molecule has 0 fully saturated rings. The Bertz CT molecular complexity index is 311. The summed E-state index contributed by atoms with van der Waals surface area (Å²) in [5.41, 5.74) is 2.55. The van der Waals surface area contributed by atoms with Gasteiger partial charge in [0, 0.05) is 11.3 Å². The van der Waals surface area contributed by atoms with Crippen LogP contribution in [0.1, 0.15) is 42.4 Å². The SMILES string of the molecule is Cc1ncnc2c1C(C)CC2F. The zero-order valence-corrected chi connectivity index (χ0v) is 7.21. The largest absolute Gasteiger partial charge is 0.241 e. The van der Waals surface area contributed by atoms with Gasteiger partial charge in [-0.15, -0.1) is 0 Å². The summed E-state index contributed by atoms with van der Waals surface area (Å²) in [6.45, 7) is 3.93. The van der Waals surface area contributed by atoms with Gasteiger partial charge in [-0.2, -0.15) is 0 Å². The van der Waals surface area contributed by atoms with Crippen molar-refractivity contribution in [2.75, 3.05) is 0 Å². The molecule has 0 spiro atoms. The van der Waals surface area contributed by atoms with E-state index in [1.807, 2.05) is 13.8 Å². The summed E-state index contributed by atoms with van der Waals surface area (Å²) in [5.74, 6) is 0.274. The van der Waals surface area contributed by atoms with Crippen molar-refractivity contribution in [3.63, 3.8) is 0 Å². The highest BCUT2D eigenvalue weighted by molar-refractivity contribution is 5.33. The molecule has 1 aromatic heterocycles. The van der Waals surface area contributed by atoms with Crippen LogP contribution in [-0.4, -0.2) is 9.97 Å². The van der Waals surface area contributed by atoms with Crippen LogP contribution < -0.4 is 0 Å². The van der Waals surface area contributed by atoms with Crippen LogP contribution in [0.4, 0.5) is 4.39 Å². The molecule has 3 heteroatoms. The van der Waals surface area contributed by atoms with E-state index in [4.69, 9.17) is 0 Å². The van der Waals surface area contributed by atoms with Crippen LogP contribution in [0, 0.1) is 6.92 Å². The standard InChI is InChI=1S/C9H11FN2/c1-5-3-7(10)9-8(5)6(2)11-4-12-9/h4-5,7H,3H2,1-2H3. The van der Waals surface area contributed by atoms with E-state index in [0.717, 1.165) is 11.3 Å². The summed E-state index contributed by atoms with van der Waals surface area (Å²) in [5, 5.41) is 0. The van der Waals surface area contributed by atoms with E-state index in [-0.39, 0.29) is 5.92 Å². The fourth-order valence-corrected chi connectivity index (χ4v) is 1.90. The first-order valence-electron chi connectivity index (χ1n) is 4.15. The molecule has 0 aromatic carbocycles.